The number of carbonyl (C=O) groups excluding carboxylic acids is 2. The summed E-state index contributed by atoms with van der Waals surface area (Å²) >= 11 is 0. The molecule has 1 aliphatic rings. The van der Waals surface area contributed by atoms with E-state index >= 15 is 0 Å². The largest absolute Gasteiger partial charge is 0.465 e. The lowest BCUT2D eigenvalue weighted by Crippen LogP contribution is -2.25. The lowest BCUT2D eigenvalue weighted by Gasteiger charge is -2.11. The number of benzene rings is 2. The first-order chi connectivity index (χ1) is 14.8. The highest BCUT2D eigenvalue weighted by atomic mass is 32.2. The van der Waals surface area contributed by atoms with E-state index in [1.165, 1.54) is 31.4 Å². The highest BCUT2D eigenvalue weighted by Gasteiger charge is 2.28. The molecule has 0 spiro atoms. The Morgan fingerprint density at radius 2 is 1.71 bits per heavy atom. The van der Waals surface area contributed by atoms with E-state index in [-0.39, 0.29) is 10.9 Å². The number of pyridine rings is 1. The number of amides is 1. The first-order valence-corrected chi connectivity index (χ1v) is 11.2. The van der Waals surface area contributed by atoms with Crippen molar-refractivity contribution >= 4 is 38.5 Å². The number of fused-ring (bicyclic) bond motifs is 1. The molecule has 1 fully saturated rings. The van der Waals surface area contributed by atoms with Gasteiger partial charge >= 0.3 is 5.97 Å². The van der Waals surface area contributed by atoms with E-state index in [2.05, 4.69) is 15.0 Å². The van der Waals surface area contributed by atoms with E-state index < -0.39 is 21.9 Å². The molecule has 1 aliphatic carbocycles. The first kappa shape index (κ1) is 21.0. The van der Waals surface area contributed by atoms with Gasteiger partial charge in [0, 0.05) is 22.7 Å². The highest BCUT2D eigenvalue weighted by Crippen LogP contribution is 2.26. The molecule has 0 saturated heterocycles. The van der Waals surface area contributed by atoms with Crippen molar-refractivity contribution in [2.45, 2.75) is 30.7 Å². The second-order valence-corrected chi connectivity index (χ2v) is 9.12. The number of nitrogens with one attached hydrogen (secondary N) is 2. The molecule has 0 bridgehead atoms. The minimum Gasteiger partial charge on any atom is -0.465 e. The summed E-state index contributed by atoms with van der Waals surface area (Å²) in [4.78, 5) is 29.2. The van der Waals surface area contributed by atoms with Crippen LogP contribution in [0.15, 0.2) is 53.4 Å². The molecular formula is C22H21N3O5S. The molecule has 160 valence electrons. The van der Waals surface area contributed by atoms with Gasteiger partial charge in [-0.15, -0.1) is 0 Å². The van der Waals surface area contributed by atoms with Crippen molar-refractivity contribution in [2.75, 3.05) is 12.4 Å². The van der Waals surface area contributed by atoms with Crippen LogP contribution in [0.3, 0.4) is 0 Å². The summed E-state index contributed by atoms with van der Waals surface area (Å²) in [6.45, 7) is 1.80. The van der Waals surface area contributed by atoms with Crippen LogP contribution < -0.4 is 10.0 Å². The SMILES string of the molecule is COC(=O)c1ccc2nc(C)cc(NC(=O)c3ccc(S(=O)(=O)NC4CC4)cc3)c2c1. The van der Waals surface area contributed by atoms with Gasteiger partial charge in [-0.1, -0.05) is 0 Å². The zero-order chi connectivity index (χ0) is 22.2. The lowest BCUT2D eigenvalue weighted by molar-refractivity contribution is 0.0601. The third-order valence-corrected chi connectivity index (χ3v) is 6.47. The van der Waals surface area contributed by atoms with Gasteiger partial charge in [0.1, 0.15) is 0 Å². The smallest absolute Gasteiger partial charge is 0.337 e. The molecular weight excluding hydrogens is 418 g/mol. The normalized spacial score (nSPS) is 13.7. The van der Waals surface area contributed by atoms with Crippen LogP contribution in [0, 0.1) is 6.92 Å². The number of aromatic nitrogens is 1. The predicted octanol–water partition coefficient (Wildman–Crippen LogP) is 3.02. The van der Waals surface area contributed by atoms with Gasteiger partial charge in [0.25, 0.3) is 5.91 Å². The van der Waals surface area contributed by atoms with Crippen LogP contribution in [0.4, 0.5) is 5.69 Å². The number of rotatable bonds is 6. The van der Waals surface area contributed by atoms with Crippen molar-refractivity contribution in [3.63, 3.8) is 0 Å². The van der Waals surface area contributed by atoms with Crippen LogP contribution in [0.2, 0.25) is 0 Å². The Morgan fingerprint density at radius 3 is 2.35 bits per heavy atom. The minimum atomic E-state index is -3.58. The fourth-order valence-electron chi connectivity index (χ4n) is 3.18. The zero-order valence-corrected chi connectivity index (χ0v) is 17.8. The summed E-state index contributed by atoms with van der Waals surface area (Å²) < 4.78 is 32.0. The number of methoxy groups -OCH3 is 1. The number of carbonyl (C=O) groups is 2. The molecule has 8 nitrogen and oxygen atoms in total. The van der Waals surface area contributed by atoms with Crippen LogP contribution in [-0.4, -0.2) is 38.4 Å². The quantitative estimate of drug-likeness (QED) is 0.571. The number of nitrogens with zero attached hydrogens (tertiary/aromatic N) is 1. The molecule has 0 unspecified atom stereocenters. The Balaban J connectivity index is 1.61. The molecule has 31 heavy (non-hydrogen) atoms. The third-order valence-electron chi connectivity index (χ3n) is 4.93. The summed E-state index contributed by atoms with van der Waals surface area (Å²) in [6.07, 6.45) is 1.69. The number of aryl methyl sites for hydroxylation is 1. The van der Waals surface area contributed by atoms with E-state index in [0.29, 0.717) is 33.4 Å². The Kier molecular flexibility index (Phi) is 5.47. The number of sulfonamides is 1. The van der Waals surface area contributed by atoms with Crippen LogP contribution in [-0.2, 0) is 14.8 Å². The molecule has 9 heteroatoms. The maximum atomic E-state index is 12.8. The van der Waals surface area contributed by atoms with Crippen molar-refractivity contribution in [1.29, 1.82) is 0 Å². The van der Waals surface area contributed by atoms with E-state index in [9.17, 15) is 18.0 Å². The van der Waals surface area contributed by atoms with Gasteiger partial charge in [-0.25, -0.2) is 17.9 Å². The summed E-state index contributed by atoms with van der Waals surface area (Å²) in [5, 5.41) is 3.42. The summed E-state index contributed by atoms with van der Waals surface area (Å²) in [5.41, 5.74) is 2.45. The lowest BCUT2D eigenvalue weighted by atomic mass is 10.1. The van der Waals surface area contributed by atoms with Gasteiger partial charge in [-0.3, -0.25) is 9.78 Å². The number of hydrogen-bond acceptors (Lipinski definition) is 6. The monoisotopic (exact) mass is 439 g/mol. The van der Waals surface area contributed by atoms with E-state index in [1.54, 1.807) is 31.2 Å². The van der Waals surface area contributed by atoms with E-state index in [1.807, 2.05) is 0 Å². The first-order valence-electron chi connectivity index (χ1n) is 9.70. The second kappa shape index (κ2) is 8.09. The minimum absolute atomic E-state index is 0.00562. The Morgan fingerprint density at radius 1 is 1.03 bits per heavy atom. The third kappa shape index (κ3) is 4.57. The van der Waals surface area contributed by atoms with Crippen molar-refractivity contribution in [3.8, 4) is 0 Å². The standard InChI is InChI=1S/C22H21N3O5S/c1-13-11-20(18-12-15(22(27)30-2)5-10-19(18)23-13)24-21(26)14-3-8-17(9-4-14)31(28,29)25-16-6-7-16/h3-5,8-12,16,25H,6-7H2,1-2H3,(H,23,24,26). The van der Waals surface area contributed by atoms with Crippen molar-refractivity contribution in [2.24, 2.45) is 0 Å². The summed E-state index contributed by atoms with van der Waals surface area (Å²) in [5.74, 6) is -0.897. The number of esters is 1. The molecule has 2 aromatic carbocycles. The van der Waals surface area contributed by atoms with Crippen LogP contribution in [0.25, 0.3) is 10.9 Å². The fourth-order valence-corrected chi connectivity index (χ4v) is 4.48. The number of anilines is 1. The molecule has 0 radical (unpaired) electrons. The van der Waals surface area contributed by atoms with Crippen LogP contribution in [0.5, 0.6) is 0 Å². The van der Waals surface area contributed by atoms with Crippen LogP contribution in [0.1, 0.15) is 39.3 Å². The molecule has 0 atom stereocenters. The zero-order valence-electron chi connectivity index (χ0n) is 17.0. The van der Waals surface area contributed by atoms with Crippen molar-refractivity contribution in [1.82, 2.24) is 9.71 Å². The van der Waals surface area contributed by atoms with Gasteiger partial charge in [0.05, 0.1) is 28.8 Å². The predicted molar refractivity (Wildman–Crippen MR) is 116 cm³/mol. The van der Waals surface area contributed by atoms with Crippen LogP contribution >= 0.6 is 0 Å². The molecule has 1 amide bonds. The van der Waals surface area contributed by atoms with Gasteiger partial charge in [-0.05, 0) is 68.3 Å². The molecule has 1 heterocycles. The van der Waals surface area contributed by atoms with E-state index in [0.717, 1.165) is 12.8 Å². The average molecular weight is 439 g/mol. The van der Waals surface area contributed by atoms with Gasteiger partial charge in [0.15, 0.2) is 0 Å². The Labute approximate surface area is 179 Å². The number of hydrogen-bond donors (Lipinski definition) is 2. The fraction of sp³-hybridized carbons (Fsp3) is 0.227. The van der Waals surface area contributed by atoms with E-state index in [4.69, 9.17) is 4.74 Å². The average Bonchev–Trinajstić information content (AvgIpc) is 3.56. The molecule has 1 saturated carbocycles. The summed E-state index contributed by atoms with van der Waals surface area (Å²) in [6, 6.07) is 12.4. The molecule has 0 aliphatic heterocycles. The summed E-state index contributed by atoms with van der Waals surface area (Å²) in [7, 11) is -2.28. The Bertz CT molecular complexity index is 1280. The van der Waals surface area contributed by atoms with Crippen molar-refractivity contribution in [3.05, 3.63) is 65.4 Å². The second-order valence-electron chi connectivity index (χ2n) is 7.41. The number of ether oxygens (including phenoxy) is 1. The molecule has 3 aromatic rings. The maximum absolute atomic E-state index is 12.8. The van der Waals surface area contributed by atoms with Gasteiger partial charge in [0.2, 0.25) is 10.0 Å². The van der Waals surface area contributed by atoms with Crippen molar-refractivity contribution < 1.29 is 22.7 Å². The Hall–Kier alpha value is -3.30. The highest BCUT2D eigenvalue weighted by molar-refractivity contribution is 7.89. The molecule has 2 N–H and O–H groups in total. The van der Waals surface area contributed by atoms with Gasteiger partial charge in [-0.2, -0.15) is 0 Å². The molecule has 4 rings (SSSR count). The maximum Gasteiger partial charge on any atom is 0.337 e. The topological polar surface area (TPSA) is 114 Å². The van der Waals surface area contributed by atoms with Gasteiger partial charge < -0.3 is 10.1 Å². The molecule has 1 aromatic heterocycles.